The minimum atomic E-state index is 1.11. The Morgan fingerprint density at radius 2 is 0.893 bits per heavy atom. The summed E-state index contributed by atoms with van der Waals surface area (Å²) in [5, 5.41) is 13.7. The van der Waals surface area contributed by atoms with Crippen LogP contribution in [0.15, 0.2) is 218 Å². The summed E-state index contributed by atoms with van der Waals surface area (Å²) in [6.45, 7) is 4.35. The van der Waals surface area contributed by atoms with Crippen molar-refractivity contribution in [1.82, 2.24) is 0 Å². The van der Waals surface area contributed by atoms with Gasteiger partial charge in [0.25, 0.3) is 0 Å². The maximum atomic E-state index is 4.00. The molecule has 0 aromatic heterocycles. The molecular formula is C54H44N2. The maximum absolute atomic E-state index is 4.00. The average molecular weight is 721 g/mol. The lowest BCUT2D eigenvalue weighted by Crippen LogP contribution is -2.14. The zero-order valence-corrected chi connectivity index (χ0v) is 31.8. The Hall–Kier alpha value is -7.34. The van der Waals surface area contributed by atoms with E-state index in [4.69, 9.17) is 0 Å². The molecule has 0 aliphatic rings. The molecule has 56 heavy (non-hydrogen) atoms. The van der Waals surface area contributed by atoms with Crippen molar-refractivity contribution >= 4 is 71.4 Å². The average Bonchev–Trinajstić information content (AvgIpc) is 3.28. The fourth-order valence-corrected chi connectivity index (χ4v) is 7.28. The van der Waals surface area contributed by atoms with Crippen LogP contribution in [-0.2, 0) is 0 Å². The van der Waals surface area contributed by atoms with Gasteiger partial charge in [-0.05, 0) is 99.8 Å². The molecule has 2 heteroatoms. The Kier molecular flexibility index (Phi) is 11.7. The summed E-state index contributed by atoms with van der Waals surface area (Å²) in [5.74, 6) is 0. The van der Waals surface area contributed by atoms with Crippen molar-refractivity contribution < 1.29 is 0 Å². The van der Waals surface area contributed by atoms with Crippen molar-refractivity contribution in [2.45, 2.75) is 13.8 Å². The van der Waals surface area contributed by atoms with Gasteiger partial charge in [0.1, 0.15) is 0 Å². The van der Waals surface area contributed by atoms with E-state index in [1.807, 2.05) is 18.2 Å². The van der Waals surface area contributed by atoms with Gasteiger partial charge in [0.2, 0.25) is 0 Å². The third kappa shape index (κ3) is 8.09. The molecule has 0 amide bonds. The first-order valence-corrected chi connectivity index (χ1v) is 18.9. The SMILES string of the molecule is C#C.C/C(=C\C=C(/C)N(c1ccccc1)c1cc2ccccc2c2ccccc12)c1ccccc1.c1ccc(Nc2cc3ccccc3c3ccccc23)cc1. The molecule has 1 N–H and O–H groups in total. The van der Waals surface area contributed by atoms with Gasteiger partial charge < -0.3 is 10.2 Å². The minimum Gasteiger partial charge on any atom is -0.355 e. The van der Waals surface area contributed by atoms with Gasteiger partial charge in [-0.3, -0.25) is 0 Å². The number of terminal acetylenes is 1. The highest BCUT2D eigenvalue weighted by molar-refractivity contribution is 6.14. The number of nitrogens with zero attached hydrogens (tertiary/aromatic N) is 1. The van der Waals surface area contributed by atoms with Gasteiger partial charge in [0, 0.05) is 33.5 Å². The second kappa shape index (κ2) is 17.7. The van der Waals surface area contributed by atoms with Gasteiger partial charge in [-0.25, -0.2) is 0 Å². The van der Waals surface area contributed by atoms with Crippen LogP contribution in [0.1, 0.15) is 19.4 Å². The van der Waals surface area contributed by atoms with E-state index in [0.29, 0.717) is 0 Å². The number of rotatable bonds is 7. The maximum Gasteiger partial charge on any atom is 0.0543 e. The Labute approximate surface area is 330 Å². The lowest BCUT2D eigenvalue weighted by atomic mass is 9.99. The fraction of sp³-hybridized carbons (Fsp3) is 0.0370. The number of para-hydroxylation sites is 2. The summed E-state index contributed by atoms with van der Waals surface area (Å²) in [4.78, 5) is 2.36. The number of anilines is 4. The summed E-state index contributed by atoms with van der Waals surface area (Å²) in [6, 6.07) is 70.4. The molecule has 0 heterocycles. The molecule has 9 aromatic rings. The monoisotopic (exact) mass is 720 g/mol. The van der Waals surface area contributed by atoms with Gasteiger partial charge in [-0.15, -0.1) is 12.8 Å². The first-order chi connectivity index (χ1) is 27.6. The highest BCUT2D eigenvalue weighted by atomic mass is 15.1. The van der Waals surface area contributed by atoms with Crippen LogP contribution in [0.2, 0.25) is 0 Å². The quantitative estimate of drug-likeness (QED) is 0.100. The number of benzene rings is 9. The highest BCUT2D eigenvalue weighted by Crippen LogP contribution is 2.39. The topological polar surface area (TPSA) is 15.3 Å². The van der Waals surface area contributed by atoms with Crippen molar-refractivity contribution in [2.75, 3.05) is 10.2 Å². The Morgan fingerprint density at radius 3 is 1.50 bits per heavy atom. The Balaban J connectivity index is 0.000000179. The molecule has 0 atom stereocenters. The van der Waals surface area contributed by atoms with Crippen molar-refractivity contribution in [3.8, 4) is 12.8 Å². The molecule has 2 nitrogen and oxygen atoms in total. The molecule has 0 bridgehead atoms. The van der Waals surface area contributed by atoms with E-state index < -0.39 is 0 Å². The van der Waals surface area contributed by atoms with Gasteiger partial charge >= 0.3 is 0 Å². The van der Waals surface area contributed by atoms with Crippen LogP contribution < -0.4 is 10.2 Å². The lowest BCUT2D eigenvalue weighted by molar-refractivity contribution is 1.17. The second-order valence-electron chi connectivity index (χ2n) is 13.5. The van der Waals surface area contributed by atoms with Gasteiger partial charge in [-0.2, -0.15) is 0 Å². The van der Waals surface area contributed by atoms with Crippen LogP contribution in [0, 0.1) is 12.8 Å². The van der Waals surface area contributed by atoms with E-state index in [2.05, 4.69) is 231 Å². The first kappa shape index (κ1) is 37.0. The molecule has 0 radical (unpaired) electrons. The number of nitrogens with one attached hydrogen (secondary N) is 1. The normalized spacial score (nSPS) is 11.4. The summed E-state index contributed by atoms with van der Waals surface area (Å²) >= 11 is 0. The predicted octanol–water partition coefficient (Wildman–Crippen LogP) is 15.1. The van der Waals surface area contributed by atoms with Crippen LogP contribution in [0.3, 0.4) is 0 Å². The second-order valence-corrected chi connectivity index (χ2v) is 13.5. The van der Waals surface area contributed by atoms with Crippen LogP contribution in [-0.4, -0.2) is 0 Å². The van der Waals surface area contributed by atoms with E-state index in [0.717, 1.165) is 22.8 Å². The first-order valence-electron chi connectivity index (χ1n) is 18.9. The summed E-state index contributed by atoms with van der Waals surface area (Å²) < 4.78 is 0. The zero-order valence-electron chi connectivity index (χ0n) is 31.8. The van der Waals surface area contributed by atoms with E-state index in [9.17, 15) is 0 Å². The molecule has 0 saturated carbocycles. The molecule has 0 aliphatic carbocycles. The van der Waals surface area contributed by atoms with E-state index in [1.54, 1.807) is 0 Å². The Morgan fingerprint density at radius 1 is 0.446 bits per heavy atom. The van der Waals surface area contributed by atoms with Gasteiger partial charge in [0.05, 0.1) is 5.69 Å². The number of fused-ring (bicyclic) bond motifs is 6. The van der Waals surface area contributed by atoms with Crippen LogP contribution >= 0.6 is 0 Å². The molecule has 9 rings (SSSR count). The fourth-order valence-electron chi connectivity index (χ4n) is 7.28. The minimum absolute atomic E-state index is 1.11. The van der Waals surface area contributed by atoms with E-state index in [1.165, 1.54) is 59.9 Å². The predicted molar refractivity (Wildman–Crippen MR) is 245 cm³/mol. The van der Waals surface area contributed by atoms with Crippen molar-refractivity contribution in [1.29, 1.82) is 0 Å². The van der Waals surface area contributed by atoms with Gasteiger partial charge in [-0.1, -0.05) is 170 Å². The third-order valence-electron chi connectivity index (χ3n) is 9.98. The highest BCUT2D eigenvalue weighted by Gasteiger charge is 2.16. The number of hydrogen-bond acceptors (Lipinski definition) is 2. The summed E-state index contributed by atoms with van der Waals surface area (Å²) in [6.07, 6.45) is 12.4. The van der Waals surface area contributed by atoms with Crippen molar-refractivity contribution in [3.63, 3.8) is 0 Å². The van der Waals surface area contributed by atoms with Crippen molar-refractivity contribution in [3.05, 3.63) is 224 Å². The standard InChI is InChI=1S/C32H27N.C20H15N.C2H2/c1-24(26-13-5-3-6-14-26)21-22-25(2)33(28-16-7-4-8-17-28)32-23-27-15-9-10-18-29(27)30-19-11-12-20-31(30)32;1-2-9-16(10-3-1)21-20-14-15-8-4-5-11-17(15)18-12-6-7-13-19(18)20;1-2/h3-23H,1-2H3;1-14,21H;1-2H/b24-21+,25-22+;;. The molecular weight excluding hydrogens is 677 g/mol. The summed E-state index contributed by atoms with van der Waals surface area (Å²) in [5.41, 5.74) is 8.24. The molecule has 0 spiro atoms. The van der Waals surface area contributed by atoms with E-state index in [-0.39, 0.29) is 0 Å². The molecule has 0 aliphatic heterocycles. The molecule has 0 saturated heterocycles. The molecule has 0 fully saturated rings. The van der Waals surface area contributed by atoms with Crippen LogP contribution in [0.25, 0.3) is 48.7 Å². The smallest absolute Gasteiger partial charge is 0.0543 e. The van der Waals surface area contributed by atoms with Crippen LogP contribution in [0.5, 0.6) is 0 Å². The van der Waals surface area contributed by atoms with Crippen molar-refractivity contribution in [2.24, 2.45) is 0 Å². The van der Waals surface area contributed by atoms with Gasteiger partial charge in [0.15, 0.2) is 0 Å². The molecule has 0 unspecified atom stereocenters. The Bertz CT molecular complexity index is 2800. The third-order valence-corrected chi connectivity index (χ3v) is 9.98. The number of allylic oxidation sites excluding steroid dienone is 4. The summed E-state index contributed by atoms with van der Waals surface area (Å²) in [7, 11) is 0. The molecule has 9 aromatic carbocycles. The largest absolute Gasteiger partial charge is 0.355 e. The van der Waals surface area contributed by atoms with Crippen LogP contribution in [0.4, 0.5) is 22.7 Å². The van der Waals surface area contributed by atoms with E-state index >= 15 is 0 Å². The molecule has 270 valence electrons. The number of hydrogen-bond donors (Lipinski definition) is 1. The zero-order chi connectivity index (χ0) is 38.7. The lowest BCUT2D eigenvalue weighted by Gasteiger charge is -2.28.